The van der Waals surface area contributed by atoms with E-state index in [0.717, 1.165) is 40.9 Å². The van der Waals surface area contributed by atoms with Crippen molar-refractivity contribution in [2.75, 3.05) is 0 Å². The van der Waals surface area contributed by atoms with E-state index in [1.807, 2.05) is 38.4 Å². The van der Waals surface area contributed by atoms with E-state index in [4.69, 9.17) is 4.42 Å². The van der Waals surface area contributed by atoms with Crippen LogP contribution in [-0.2, 0) is 13.1 Å². The molecular weight excluding hydrogens is 272 g/mol. The predicted molar refractivity (Wildman–Crippen MR) is 78.4 cm³/mol. The smallest absolute Gasteiger partial charge is 0.152 e. The van der Waals surface area contributed by atoms with Crippen molar-refractivity contribution in [2.45, 2.75) is 26.9 Å². The molecule has 0 aliphatic heterocycles. The first-order valence-corrected chi connectivity index (χ1v) is 7.25. The van der Waals surface area contributed by atoms with Gasteiger partial charge in [0.2, 0.25) is 0 Å². The van der Waals surface area contributed by atoms with E-state index < -0.39 is 0 Å². The molecule has 0 aromatic carbocycles. The molecular formula is C14H16N4OS. The van der Waals surface area contributed by atoms with E-state index in [-0.39, 0.29) is 0 Å². The number of furan rings is 1. The van der Waals surface area contributed by atoms with Crippen LogP contribution in [0.2, 0.25) is 0 Å². The maximum atomic E-state index is 5.63. The minimum Gasteiger partial charge on any atom is -0.460 e. The van der Waals surface area contributed by atoms with Crippen molar-refractivity contribution in [2.24, 2.45) is 0 Å². The second-order valence-electron chi connectivity index (χ2n) is 4.63. The van der Waals surface area contributed by atoms with E-state index in [0.29, 0.717) is 0 Å². The van der Waals surface area contributed by atoms with Crippen LogP contribution < -0.4 is 5.32 Å². The highest BCUT2D eigenvalue weighted by Crippen LogP contribution is 2.23. The Kier molecular flexibility index (Phi) is 3.66. The summed E-state index contributed by atoms with van der Waals surface area (Å²) in [6, 6.07) is 3.91. The third kappa shape index (κ3) is 2.81. The summed E-state index contributed by atoms with van der Waals surface area (Å²) in [4.78, 5) is 5.48. The van der Waals surface area contributed by atoms with Gasteiger partial charge in [0.1, 0.15) is 11.5 Å². The lowest BCUT2D eigenvalue weighted by Gasteiger charge is -2.02. The quantitative estimate of drug-likeness (QED) is 0.757. The van der Waals surface area contributed by atoms with Crippen LogP contribution in [0, 0.1) is 13.8 Å². The van der Waals surface area contributed by atoms with Crippen LogP contribution in [0.1, 0.15) is 21.2 Å². The van der Waals surface area contributed by atoms with Crippen molar-refractivity contribution < 1.29 is 4.42 Å². The fourth-order valence-electron chi connectivity index (χ4n) is 2.03. The maximum Gasteiger partial charge on any atom is 0.152 e. The highest BCUT2D eigenvalue weighted by molar-refractivity contribution is 7.11. The third-order valence-corrected chi connectivity index (χ3v) is 3.90. The van der Waals surface area contributed by atoms with Crippen LogP contribution in [0.25, 0.3) is 11.5 Å². The van der Waals surface area contributed by atoms with Gasteiger partial charge in [-0.2, -0.15) is 5.10 Å². The van der Waals surface area contributed by atoms with Crippen molar-refractivity contribution in [3.05, 3.63) is 45.7 Å². The number of aryl methyl sites for hydroxylation is 2. The molecule has 0 atom stereocenters. The van der Waals surface area contributed by atoms with Gasteiger partial charge in [0.15, 0.2) is 5.76 Å². The van der Waals surface area contributed by atoms with Gasteiger partial charge in [0.25, 0.3) is 0 Å². The summed E-state index contributed by atoms with van der Waals surface area (Å²) < 4.78 is 5.63. The van der Waals surface area contributed by atoms with Gasteiger partial charge in [-0.1, -0.05) is 0 Å². The summed E-state index contributed by atoms with van der Waals surface area (Å²) in [6.45, 7) is 5.50. The normalized spacial score (nSPS) is 11.1. The fraction of sp³-hybridized carbons (Fsp3) is 0.286. The molecule has 0 aliphatic carbocycles. The number of H-pyrrole nitrogens is 1. The van der Waals surface area contributed by atoms with E-state index in [2.05, 4.69) is 20.5 Å². The maximum absolute atomic E-state index is 5.63. The monoisotopic (exact) mass is 288 g/mol. The molecule has 0 bridgehead atoms. The van der Waals surface area contributed by atoms with Gasteiger partial charge in [0.05, 0.1) is 11.2 Å². The van der Waals surface area contributed by atoms with Crippen LogP contribution >= 0.6 is 11.3 Å². The van der Waals surface area contributed by atoms with Crippen molar-refractivity contribution in [3.8, 4) is 11.5 Å². The number of aromatic amines is 1. The molecule has 2 N–H and O–H groups in total. The Morgan fingerprint density at radius 2 is 2.15 bits per heavy atom. The lowest BCUT2D eigenvalue weighted by molar-refractivity contribution is 0.545. The topological polar surface area (TPSA) is 66.7 Å². The molecule has 3 aromatic heterocycles. The minimum absolute atomic E-state index is 0.739. The Hall–Kier alpha value is -1.92. The number of hydrogen-bond acceptors (Lipinski definition) is 5. The van der Waals surface area contributed by atoms with Gasteiger partial charge in [-0.3, -0.25) is 5.10 Å². The Morgan fingerprint density at radius 1 is 1.25 bits per heavy atom. The van der Waals surface area contributed by atoms with Crippen LogP contribution in [0.3, 0.4) is 0 Å². The summed E-state index contributed by atoms with van der Waals surface area (Å²) in [5, 5.41) is 11.6. The number of rotatable bonds is 5. The molecule has 5 nitrogen and oxygen atoms in total. The Bertz CT molecular complexity index is 697. The van der Waals surface area contributed by atoms with Crippen molar-refractivity contribution in [1.82, 2.24) is 20.5 Å². The first-order chi connectivity index (χ1) is 9.72. The van der Waals surface area contributed by atoms with Gasteiger partial charge >= 0.3 is 0 Å². The Morgan fingerprint density at radius 3 is 2.85 bits per heavy atom. The van der Waals surface area contributed by atoms with E-state index in [9.17, 15) is 0 Å². The largest absolute Gasteiger partial charge is 0.460 e. The van der Waals surface area contributed by atoms with Gasteiger partial charge in [-0.15, -0.1) is 11.3 Å². The van der Waals surface area contributed by atoms with Gasteiger partial charge in [-0.25, -0.2) is 4.98 Å². The number of thiazole rings is 1. The molecule has 3 aromatic rings. The van der Waals surface area contributed by atoms with Crippen molar-refractivity contribution >= 4 is 11.3 Å². The fourth-order valence-corrected chi connectivity index (χ4v) is 2.80. The Balaban J connectivity index is 1.65. The van der Waals surface area contributed by atoms with Gasteiger partial charge in [0, 0.05) is 29.7 Å². The number of nitrogens with zero attached hydrogens (tertiary/aromatic N) is 2. The molecule has 104 valence electrons. The van der Waals surface area contributed by atoms with E-state index in [1.165, 1.54) is 4.88 Å². The van der Waals surface area contributed by atoms with Gasteiger partial charge in [-0.05, 0) is 26.0 Å². The molecule has 0 radical (unpaired) electrons. The van der Waals surface area contributed by atoms with Crippen LogP contribution in [0.4, 0.5) is 0 Å². The first-order valence-electron chi connectivity index (χ1n) is 6.43. The summed E-state index contributed by atoms with van der Waals surface area (Å²) in [7, 11) is 0. The van der Waals surface area contributed by atoms with E-state index >= 15 is 0 Å². The highest BCUT2D eigenvalue weighted by atomic mass is 32.1. The predicted octanol–water partition coefficient (Wildman–Crippen LogP) is 3.03. The highest BCUT2D eigenvalue weighted by Gasteiger charge is 2.10. The van der Waals surface area contributed by atoms with Crippen molar-refractivity contribution in [3.63, 3.8) is 0 Å². The number of nitrogens with one attached hydrogen (secondary N) is 2. The molecule has 3 rings (SSSR count). The summed E-state index contributed by atoms with van der Waals surface area (Å²) >= 11 is 1.71. The average Bonchev–Trinajstić information content (AvgIpc) is 3.11. The summed E-state index contributed by atoms with van der Waals surface area (Å²) in [5.74, 6) is 1.72. The zero-order valence-electron chi connectivity index (χ0n) is 11.4. The van der Waals surface area contributed by atoms with Crippen molar-refractivity contribution in [1.29, 1.82) is 0 Å². The zero-order chi connectivity index (χ0) is 13.9. The lowest BCUT2D eigenvalue weighted by atomic mass is 10.2. The second kappa shape index (κ2) is 5.60. The number of aromatic nitrogens is 3. The average molecular weight is 288 g/mol. The summed E-state index contributed by atoms with van der Waals surface area (Å²) in [5.41, 5.74) is 2.03. The SMILES string of the molecule is Cc1ccc(-c2[nH]ncc2CNCc2cnc(C)s2)o1. The third-order valence-electron chi connectivity index (χ3n) is 2.99. The number of hydrogen-bond donors (Lipinski definition) is 2. The molecule has 0 unspecified atom stereocenters. The molecule has 0 fully saturated rings. The molecule has 0 aliphatic rings. The molecule has 3 heterocycles. The first kappa shape index (κ1) is 13.1. The molecule has 0 spiro atoms. The zero-order valence-corrected chi connectivity index (χ0v) is 12.3. The second-order valence-corrected chi connectivity index (χ2v) is 5.95. The van der Waals surface area contributed by atoms with Crippen LogP contribution in [0.15, 0.2) is 28.9 Å². The minimum atomic E-state index is 0.739. The lowest BCUT2D eigenvalue weighted by Crippen LogP contribution is -2.11. The molecule has 0 saturated carbocycles. The molecule has 6 heteroatoms. The molecule has 0 amide bonds. The van der Waals surface area contributed by atoms with Crippen LogP contribution in [0.5, 0.6) is 0 Å². The molecule has 20 heavy (non-hydrogen) atoms. The molecule has 0 saturated heterocycles. The van der Waals surface area contributed by atoms with E-state index in [1.54, 1.807) is 11.3 Å². The summed E-state index contributed by atoms with van der Waals surface area (Å²) in [6.07, 6.45) is 3.75. The van der Waals surface area contributed by atoms with Crippen LogP contribution in [-0.4, -0.2) is 15.2 Å². The Labute approximate surface area is 121 Å². The standard InChI is InChI=1S/C14H16N4OS/c1-9-3-4-13(19-9)14-11(6-17-18-14)5-15-7-12-8-16-10(2)20-12/h3-4,6,8,15H,5,7H2,1-2H3,(H,17,18). The van der Waals surface area contributed by atoms with Gasteiger partial charge < -0.3 is 9.73 Å².